The Kier molecular flexibility index (Phi) is 3.51. The molecular formula is C8H6F4N2O3. The molecule has 0 aliphatic carbocycles. The fraction of sp³-hybridized carbons (Fsp3) is 0.250. The summed E-state index contributed by atoms with van der Waals surface area (Å²) in [4.78, 5) is 13.4. The number of aromatic nitrogens is 1. The topological polar surface area (TPSA) is 85.4 Å². The normalized spacial score (nSPS) is 11.4. The number of aromatic carboxylic acids is 1. The Morgan fingerprint density at radius 1 is 1.53 bits per heavy atom. The second-order valence-electron chi connectivity index (χ2n) is 2.84. The molecule has 0 radical (unpaired) electrons. The highest BCUT2D eigenvalue weighted by Gasteiger charge is 2.35. The summed E-state index contributed by atoms with van der Waals surface area (Å²) in [5.74, 6) is -4.20. The third-order valence-corrected chi connectivity index (χ3v) is 1.66. The molecule has 3 N–H and O–H groups in total. The fourth-order valence-corrected chi connectivity index (χ4v) is 1.08. The summed E-state index contributed by atoms with van der Waals surface area (Å²) in [5, 5.41) is 8.59. The molecule has 0 fully saturated rings. The van der Waals surface area contributed by atoms with Crippen LogP contribution in [0.25, 0.3) is 0 Å². The summed E-state index contributed by atoms with van der Waals surface area (Å²) in [5.41, 5.74) is 3.46. The van der Waals surface area contributed by atoms with E-state index in [1.165, 1.54) is 0 Å². The van der Waals surface area contributed by atoms with Crippen molar-refractivity contribution in [3.05, 3.63) is 23.3 Å². The van der Waals surface area contributed by atoms with Gasteiger partial charge >= 0.3 is 12.3 Å². The van der Waals surface area contributed by atoms with Crippen molar-refractivity contribution in [1.82, 2.24) is 4.98 Å². The highest BCUT2D eigenvalue weighted by molar-refractivity contribution is 5.89. The van der Waals surface area contributed by atoms with Crippen LogP contribution >= 0.6 is 0 Å². The predicted molar refractivity (Wildman–Crippen MR) is 45.7 cm³/mol. The highest BCUT2D eigenvalue weighted by Crippen LogP contribution is 2.29. The average molecular weight is 254 g/mol. The number of alkyl halides is 3. The zero-order valence-electron chi connectivity index (χ0n) is 8.08. The van der Waals surface area contributed by atoms with Gasteiger partial charge in [0.25, 0.3) is 0 Å². The number of carbonyl (C=O) groups is 1. The van der Waals surface area contributed by atoms with Crippen molar-refractivity contribution < 1.29 is 32.2 Å². The summed E-state index contributed by atoms with van der Waals surface area (Å²) in [6.07, 6.45) is -5.12. The summed E-state index contributed by atoms with van der Waals surface area (Å²) in [6.45, 7) is -0.523. The number of nitrogens with two attached hydrogens (primary N) is 1. The quantitative estimate of drug-likeness (QED) is 0.626. The van der Waals surface area contributed by atoms with Crippen LogP contribution in [0.5, 0.6) is 5.75 Å². The first-order valence-corrected chi connectivity index (χ1v) is 4.13. The van der Waals surface area contributed by atoms with Crippen LogP contribution in [0.1, 0.15) is 16.1 Å². The van der Waals surface area contributed by atoms with Gasteiger partial charge in [0, 0.05) is 18.2 Å². The Bertz CT molecular complexity index is 447. The molecule has 5 nitrogen and oxygen atoms in total. The molecule has 9 heteroatoms. The van der Waals surface area contributed by atoms with Crippen LogP contribution in [-0.4, -0.2) is 22.4 Å². The molecule has 0 saturated heterocycles. The number of ether oxygens (including phenoxy) is 1. The maximum atomic E-state index is 12.8. The number of halogens is 4. The number of pyridine rings is 1. The first-order valence-electron chi connectivity index (χ1n) is 4.13. The molecule has 0 amide bonds. The minimum atomic E-state index is -5.12. The van der Waals surface area contributed by atoms with Gasteiger partial charge < -0.3 is 15.6 Å². The fourth-order valence-electron chi connectivity index (χ4n) is 1.08. The van der Waals surface area contributed by atoms with Crippen LogP contribution in [-0.2, 0) is 6.54 Å². The molecular weight excluding hydrogens is 248 g/mol. The largest absolute Gasteiger partial charge is 0.573 e. The third kappa shape index (κ3) is 3.28. The van der Waals surface area contributed by atoms with Crippen molar-refractivity contribution in [3.63, 3.8) is 0 Å². The summed E-state index contributed by atoms with van der Waals surface area (Å²) < 4.78 is 52.4. The van der Waals surface area contributed by atoms with Crippen LogP contribution in [0.15, 0.2) is 6.07 Å². The molecule has 1 heterocycles. The van der Waals surface area contributed by atoms with Gasteiger partial charge in [0.15, 0.2) is 11.4 Å². The van der Waals surface area contributed by atoms with Gasteiger partial charge in [-0.3, -0.25) is 0 Å². The molecule has 1 rings (SSSR count). The van der Waals surface area contributed by atoms with Crippen LogP contribution in [0.2, 0.25) is 0 Å². The van der Waals surface area contributed by atoms with Gasteiger partial charge in [-0.05, 0) is 0 Å². The molecule has 0 atom stereocenters. The Labute approximate surface area is 91.8 Å². The van der Waals surface area contributed by atoms with Crippen molar-refractivity contribution in [2.45, 2.75) is 12.9 Å². The minimum absolute atomic E-state index is 0.438. The summed E-state index contributed by atoms with van der Waals surface area (Å²) in [6, 6.07) is 0.577. The zero-order chi connectivity index (χ0) is 13.2. The predicted octanol–water partition coefficient (Wildman–Crippen LogP) is 1.28. The van der Waals surface area contributed by atoms with Gasteiger partial charge in [-0.1, -0.05) is 0 Å². The molecule has 0 bridgehead atoms. The van der Waals surface area contributed by atoms with Crippen LogP contribution < -0.4 is 10.5 Å². The van der Waals surface area contributed by atoms with Gasteiger partial charge in [-0.25, -0.2) is 9.78 Å². The van der Waals surface area contributed by atoms with Gasteiger partial charge in [0.1, 0.15) is 0 Å². The molecule has 0 aliphatic heterocycles. The standard InChI is InChI=1S/C8H6F4N2O3/c9-4-1-3(2-13)6(17-8(10,11)12)5(14-4)7(15)16/h1H,2,13H2,(H,15,16). The molecule has 0 unspecified atom stereocenters. The SMILES string of the molecule is NCc1cc(F)nc(C(=O)O)c1OC(F)(F)F. The monoisotopic (exact) mass is 254 g/mol. The second-order valence-corrected chi connectivity index (χ2v) is 2.84. The Hall–Kier alpha value is -1.90. The smallest absolute Gasteiger partial charge is 0.476 e. The number of carboxylic acid groups (broad SMARTS) is 1. The summed E-state index contributed by atoms with van der Waals surface area (Å²) >= 11 is 0. The first kappa shape index (κ1) is 13.2. The second kappa shape index (κ2) is 4.53. The van der Waals surface area contributed by atoms with E-state index in [9.17, 15) is 22.4 Å². The molecule has 1 aromatic rings. The van der Waals surface area contributed by atoms with Gasteiger partial charge in [0.05, 0.1) is 0 Å². The molecule has 0 aliphatic rings. The Balaban J connectivity index is 3.37. The first-order chi connectivity index (χ1) is 7.74. The van der Waals surface area contributed by atoms with Crippen LogP contribution in [0.3, 0.4) is 0 Å². The van der Waals surface area contributed by atoms with Crippen molar-refractivity contribution in [3.8, 4) is 5.75 Å². The van der Waals surface area contributed by atoms with E-state index in [1.807, 2.05) is 0 Å². The maximum absolute atomic E-state index is 12.8. The number of carboxylic acids is 1. The van der Waals surface area contributed by atoms with Crippen molar-refractivity contribution >= 4 is 5.97 Å². The van der Waals surface area contributed by atoms with Crippen molar-refractivity contribution in [2.75, 3.05) is 0 Å². The van der Waals surface area contributed by atoms with E-state index < -0.39 is 41.8 Å². The van der Waals surface area contributed by atoms with E-state index in [4.69, 9.17) is 10.8 Å². The molecule has 0 spiro atoms. The molecule has 94 valence electrons. The van der Waals surface area contributed by atoms with Crippen LogP contribution in [0.4, 0.5) is 17.6 Å². The van der Waals surface area contributed by atoms with Gasteiger partial charge in [-0.15, -0.1) is 13.2 Å². The van der Waals surface area contributed by atoms with E-state index in [-0.39, 0.29) is 0 Å². The minimum Gasteiger partial charge on any atom is -0.476 e. The van der Waals surface area contributed by atoms with Gasteiger partial charge in [0.2, 0.25) is 5.95 Å². The lowest BCUT2D eigenvalue weighted by Crippen LogP contribution is -2.22. The molecule has 0 aromatic carbocycles. The Morgan fingerprint density at radius 2 is 2.12 bits per heavy atom. The zero-order valence-corrected chi connectivity index (χ0v) is 8.08. The number of hydrogen-bond acceptors (Lipinski definition) is 4. The lowest BCUT2D eigenvalue weighted by atomic mass is 10.2. The van der Waals surface area contributed by atoms with Gasteiger partial charge in [-0.2, -0.15) is 4.39 Å². The lowest BCUT2D eigenvalue weighted by molar-refractivity contribution is -0.275. The number of hydrogen-bond donors (Lipinski definition) is 2. The lowest BCUT2D eigenvalue weighted by Gasteiger charge is -2.14. The van der Waals surface area contributed by atoms with E-state index in [0.29, 0.717) is 6.07 Å². The van der Waals surface area contributed by atoms with Crippen molar-refractivity contribution in [2.24, 2.45) is 5.73 Å². The average Bonchev–Trinajstić information content (AvgIpc) is 2.17. The maximum Gasteiger partial charge on any atom is 0.573 e. The Morgan fingerprint density at radius 3 is 2.53 bits per heavy atom. The van der Waals surface area contributed by atoms with E-state index in [1.54, 1.807) is 0 Å². The molecule has 17 heavy (non-hydrogen) atoms. The van der Waals surface area contributed by atoms with Crippen LogP contribution in [0, 0.1) is 5.95 Å². The van der Waals surface area contributed by atoms with E-state index >= 15 is 0 Å². The number of nitrogens with zero attached hydrogens (tertiary/aromatic N) is 1. The van der Waals surface area contributed by atoms with E-state index in [0.717, 1.165) is 0 Å². The van der Waals surface area contributed by atoms with Crippen molar-refractivity contribution in [1.29, 1.82) is 0 Å². The summed E-state index contributed by atoms with van der Waals surface area (Å²) in [7, 11) is 0. The van der Waals surface area contributed by atoms with E-state index in [2.05, 4.69) is 9.72 Å². The highest BCUT2D eigenvalue weighted by atomic mass is 19.4. The third-order valence-electron chi connectivity index (χ3n) is 1.66. The molecule has 0 saturated carbocycles. The number of rotatable bonds is 3. The molecule has 1 aromatic heterocycles.